The van der Waals surface area contributed by atoms with Crippen molar-refractivity contribution in [3.05, 3.63) is 39.8 Å². The summed E-state index contributed by atoms with van der Waals surface area (Å²) < 4.78 is 33.3. The summed E-state index contributed by atoms with van der Waals surface area (Å²) in [5.74, 6) is -2.35. The third kappa shape index (κ3) is 6.33. The highest BCUT2D eigenvalue weighted by Gasteiger charge is 2.38. The molecule has 4 rings (SSSR count). The van der Waals surface area contributed by atoms with E-state index >= 15 is 0 Å². The van der Waals surface area contributed by atoms with Crippen LogP contribution in [-0.4, -0.2) is 49.8 Å². The van der Waals surface area contributed by atoms with Crippen LogP contribution in [-0.2, 0) is 4.79 Å². The van der Waals surface area contributed by atoms with Gasteiger partial charge in [0.05, 0.1) is 16.9 Å². The van der Waals surface area contributed by atoms with Gasteiger partial charge in [0.25, 0.3) is 5.91 Å². The third-order valence-corrected chi connectivity index (χ3v) is 6.06. The van der Waals surface area contributed by atoms with Crippen molar-refractivity contribution in [2.75, 3.05) is 10.6 Å². The smallest absolute Gasteiger partial charge is 0.475 e. The summed E-state index contributed by atoms with van der Waals surface area (Å²) in [6.07, 6.45) is 2.58. The molecule has 1 saturated carbocycles. The van der Waals surface area contributed by atoms with Gasteiger partial charge in [0.2, 0.25) is 0 Å². The summed E-state index contributed by atoms with van der Waals surface area (Å²) in [6.45, 7) is 0. The second-order valence-corrected chi connectivity index (χ2v) is 8.38. The number of aromatic nitrogens is 3. The average Bonchev–Trinajstić information content (AvgIpc) is 3.35. The van der Waals surface area contributed by atoms with Gasteiger partial charge >= 0.3 is 12.1 Å². The molecule has 0 radical (unpaired) electrons. The minimum Gasteiger partial charge on any atom is -0.475 e. The van der Waals surface area contributed by atoms with Crippen molar-refractivity contribution >= 4 is 52.0 Å². The Morgan fingerprint density at radius 1 is 1.27 bits per heavy atom. The number of nitrogens with one attached hydrogen (secondary N) is 2. The summed E-state index contributed by atoms with van der Waals surface area (Å²) in [5, 5.41) is 21.6. The number of nitrogens with zero attached hydrogens (tertiary/aromatic N) is 3. The lowest BCUT2D eigenvalue weighted by Crippen LogP contribution is -2.42. The molecule has 0 aliphatic heterocycles. The standard InChI is InChI=1S/C17H19ClN6OS.C2HF3O2/c18-11-8-26-9-14(11)22-17(25)10-7-20-24-6-5-15(23-16(10)24)21-13-4-2-1-3-12(13)19;3-2(4,5)1(6)7/h5-9,12-13H,1-4,19H2,(H,21,23)(H,22,25);(H,6,7)/t12-,13+;/m0./s1. The number of halogens is 4. The number of thiophene rings is 1. The summed E-state index contributed by atoms with van der Waals surface area (Å²) in [4.78, 5) is 26.1. The van der Waals surface area contributed by atoms with Crippen molar-refractivity contribution in [2.45, 2.75) is 43.9 Å². The van der Waals surface area contributed by atoms with Crippen LogP contribution in [0.25, 0.3) is 5.65 Å². The van der Waals surface area contributed by atoms with Crippen LogP contribution in [0.3, 0.4) is 0 Å². The van der Waals surface area contributed by atoms with E-state index in [1.165, 1.54) is 24.0 Å². The summed E-state index contributed by atoms with van der Waals surface area (Å²) >= 11 is 7.47. The van der Waals surface area contributed by atoms with Crippen molar-refractivity contribution in [1.29, 1.82) is 0 Å². The van der Waals surface area contributed by atoms with Crippen LogP contribution in [0.1, 0.15) is 36.0 Å². The monoisotopic (exact) mass is 504 g/mol. The van der Waals surface area contributed by atoms with Gasteiger partial charge in [-0.25, -0.2) is 14.3 Å². The Balaban J connectivity index is 0.000000383. The van der Waals surface area contributed by atoms with Crippen molar-refractivity contribution in [2.24, 2.45) is 5.73 Å². The van der Waals surface area contributed by atoms with E-state index in [9.17, 15) is 18.0 Å². The van der Waals surface area contributed by atoms with Gasteiger partial charge in [-0.05, 0) is 18.9 Å². The molecule has 1 aliphatic rings. The molecule has 3 heterocycles. The highest BCUT2D eigenvalue weighted by molar-refractivity contribution is 7.09. The number of fused-ring (bicyclic) bond motifs is 1. The Labute approximate surface area is 194 Å². The van der Waals surface area contributed by atoms with Gasteiger partial charge in [0.1, 0.15) is 11.4 Å². The number of alkyl halides is 3. The molecule has 0 saturated heterocycles. The number of hydrogen-bond donors (Lipinski definition) is 4. The highest BCUT2D eigenvalue weighted by Crippen LogP contribution is 2.27. The lowest BCUT2D eigenvalue weighted by Gasteiger charge is -2.29. The van der Waals surface area contributed by atoms with Gasteiger partial charge in [0.15, 0.2) is 5.65 Å². The SMILES string of the molecule is N[C@H]1CCCC[C@H]1Nc1ccn2ncc(C(=O)Nc3cscc3Cl)c2n1.O=C(O)C(F)(F)F. The topological polar surface area (TPSA) is 135 Å². The Bertz CT molecular complexity index is 1140. The molecule has 0 unspecified atom stereocenters. The fourth-order valence-corrected chi connectivity index (χ4v) is 4.16. The fourth-order valence-electron chi connectivity index (χ4n) is 3.20. The Morgan fingerprint density at radius 2 is 1.97 bits per heavy atom. The van der Waals surface area contributed by atoms with E-state index in [4.69, 9.17) is 27.2 Å². The summed E-state index contributed by atoms with van der Waals surface area (Å²) in [6, 6.07) is 2.16. The molecule has 5 N–H and O–H groups in total. The molecule has 3 aromatic rings. The molecule has 3 aromatic heterocycles. The molecule has 0 spiro atoms. The van der Waals surface area contributed by atoms with Gasteiger partial charge < -0.3 is 21.5 Å². The zero-order valence-electron chi connectivity index (χ0n) is 17.0. The maximum atomic E-state index is 12.6. The quantitative estimate of drug-likeness (QED) is 0.421. The Hall–Kier alpha value is -2.90. The Morgan fingerprint density at radius 3 is 2.58 bits per heavy atom. The van der Waals surface area contributed by atoms with E-state index in [-0.39, 0.29) is 18.0 Å². The number of aliphatic carboxylic acids is 1. The maximum absolute atomic E-state index is 12.6. The molecule has 1 amide bonds. The van der Waals surface area contributed by atoms with E-state index in [0.29, 0.717) is 27.7 Å². The first-order chi connectivity index (χ1) is 15.6. The molecule has 0 aromatic carbocycles. The van der Waals surface area contributed by atoms with E-state index in [1.54, 1.807) is 21.5 Å². The van der Waals surface area contributed by atoms with Gasteiger partial charge in [-0.2, -0.15) is 18.3 Å². The first kappa shape index (κ1) is 24.7. The van der Waals surface area contributed by atoms with Crippen LogP contribution < -0.4 is 16.4 Å². The van der Waals surface area contributed by atoms with Gasteiger partial charge in [0, 0.05) is 29.0 Å². The molecule has 9 nitrogen and oxygen atoms in total. The zero-order chi connectivity index (χ0) is 24.2. The highest BCUT2D eigenvalue weighted by atomic mass is 35.5. The second kappa shape index (κ2) is 10.4. The Kier molecular flexibility index (Phi) is 7.76. The maximum Gasteiger partial charge on any atom is 0.490 e. The zero-order valence-corrected chi connectivity index (χ0v) is 18.5. The fraction of sp³-hybridized carbons (Fsp3) is 0.368. The van der Waals surface area contributed by atoms with Crippen LogP contribution in [0, 0.1) is 0 Å². The van der Waals surface area contributed by atoms with Crippen LogP contribution in [0.4, 0.5) is 24.7 Å². The van der Waals surface area contributed by atoms with Crippen molar-refractivity contribution in [3.8, 4) is 0 Å². The van der Waals surface area contributed by atoms with Crippen molar-refractivity contribution in [3.63, 3.8) is 0 Å². The number of carboxylic acid groups (broad SMARTS) is 1. The average molecular weight is 505 g/mol. The minimum absolute atomic E-state index is 0.121. The number of carbonyl (C=O) groups is 2. The number of rotatable bonds is 4. The molecule has 1 fully saturated rings. The lowest BCUT2D eigenvalue weighted by molar-refractivity contribution is -0.192. The molecule has 0 bridgehead atoms. The van der Waals surface area contributed by atoms with E-state index in [1.807, 2.05) is 6.07 Å². The number of amides is 1. The van der Waals surface area contributed by atoms with Crippen molar-refractivity contribution < 1.29 is 27.9 Å². The van der Waals surface area contributed by atoms with Gasteiger partial charge in [-0.3, -0.25) is 4.79 Å². The summed E-state index contributed by atoms with van der Waals surface area (Å²) in [5.41, 5.74) is 7.67. The predicted molar refractivity (Wildman–Crippen MR) is 118 cm³/mol. The number of carboxylic acids is 1. The molecule has 2 atom stereocenters. The lowest BCUT2D eigenvalue weighted by atomic mass is 9.91. The first-order valence-electron chi connectivity index (χ1n) is 9.76. The minimum atomic E-state index is -5.08. The number of hydrogen-bond acceptors (Lipinski definition) is 7. The van der Waals surface area contributed by atoms with Crippen LogP contribution >= 0.6 is 22.9 Å². The predicted octanol–water partition coefficient (Wildman–Crippen LogP) is 4.01. The largest absolute Gasteiger partial charge is 0.490 e. The van der Waals surface area contributed by atoms with E-state index in [2.05, 4.69) is 20.7 Å². The molecule has 14 heteroatoms. The normalized spacial score (nSPS) is 18.3. The molecular formula is C19H20ClF3N6O3S. The van der Waals surface area contributed by atoms with Crippen LogP contribution in [0.2, 0.25) is 5.02 Å². The number of carbonyl (C=O) groups excluding carboxylic acids is 1. The van der Waals surface area contributed by atoms with E-state index in [0.717, 1.165) is 19.3 Å². The molecule has 178 valence electrons. The number of anilines is 2. The van der Waals surface area contributed by atoms with Gasteiger partial charge in [-0.1, -0.05) is 24.4 Å². The van der Waals surface area contributed by atoms with E-state index < -0.39 is 12.1 Å². The van der Waals surface area contributed by atoms with Crippen LogP contribution in [0.5, 0.6) is 0 Å². The summed E-state index contributed by atoms with van der Waals surface area (Å²) in [7, 11) is 0. The van der Waals surface area contributed by atoms with Crippen LogP contribution in [0.15, 0.2) is 29.2 Å². The molecular weight excluding hydrogens is 485 g/mol. The van der Waals surface area contributed by atoms with Gasteiger partial charge in [-0.15, -0.1) is 11.3 Å². The third-order valence-electron chi connectivity index (χ3n) is 4.87. The molecule has 1 aliphatic carbocycles. The molecule has 33 heavy (non-hydrogen) atoms. The van der Waals surface area contributed by atoms with Crippen molar-refractivity contribution in [1.82, 2.24) is 14.6 Å². The number of nitrogens with two attached hydrogens (primary N) is 1. The second-order valence-electron chi connectivity index (χ2n) is 7.23. The first-order valence-corrected chi connectivity index (χ1v) is 11.1.